The Labute approximate surface area is 116 Å². The fourth-order valence-electron chi connectivity index (χ4n) is 1.90. The van der Waals surface area contributed by atoms with E-state index >= 15 is 0 Å². The second-order valence-corrected chi connectivity index (χ2v) is 4.57. The van der Waals surface area contributed by atoms with Gasteiger partial charge in [0.15, 0.2) is 0 Å². The minimum Gasteiger partial charge on any atom is -0.342 e. The first kappa shape index (κ1) is 14.2. The second-order valence-electron chi connectivity index (χ2n) is 4.57. The number of H-pyrrole nitrogens is 1. The van der Waals surface area contributed by atoms with Crippen molar-refractivity contribution in [2.45, 2.75) is 32.9 Å². The molecule has 108 valence electrons. The summed E-state index contributed by atoms with van der Waals surface area (Å²) in [7, 11) is 0. The molecule has 0 fully saturated rings. The van der Waals surface area contributed by atoms with Gasteiger partial charge in [0.05, 0.1) is 17.8 Å². The smallest absolute Gasteiger partial charge is 0.255 e. The molecular formula is C12H19N7O. The molecule has 0 spiro atoms. The van der Waals surface area contributed by atoms with E-state index in [2.05, 4.69) is 25.6 Å². The first-order valence-electron chi connectivity index (χ1n) is 6.52. The van der Waals surface area contributed by atoms with Crippen LogP contribution in [-0.2, 0) is 6.54 Å². The van der Waals surface area contributed by atoms with Crippen LogP contribution in [-0.4, -0.2) is 37.4 Å². The molecule has 2 rings (SSSR count). The van der Waals surface area contributed by atoms with Crippen molar-refractivity contribution in [1.29, 1.82) is 0 Å². The number of rotatable bonds is 6. The summed E-state index contributed by atoms with van der Waals surface area (Å²) in [6.07, 6.45) is 3.82. The number of hydrogen-bond acceptors (Lipinski definition) is 5. The molecule has 0 aliphatic carbocycles. The van der Waals surface area contributed by atoms with Gasteiger partial charge in [-0.15, -0.1) is 0 Å². The lowest BCUT2D eigenvalue weighted by atomic mass is 10.2. The molecule has 1 unspecified atom stereocenters. The molecule has 0 aliphatic rings. The predicted octanol–water partition coefficient (Wildman–Crippen LogP) is 0.149. The number of carbonyl (C=O) groups excluding carboxylic acids is 1. The number of nitrogens with one attached hydrogen (secondary N) is 2. The first-order valence-corrected chi connectivity index (χ1v) is 6.52. The highest BCUT2D eigenvalue weighted by Gasteiger charge is 2.17. The summed E-state index contributed by atoms with van der Waals surface area (Å²) in [4.78, 5) is 16.2. The fourth-order valence-corrected chi connectivity index (χ4v) is 1.90. The molecule has 0 saturated carbocycles. The van der Waals surface area contributed by atoms with Crippen LogP contribution in [0.15, 0.2) is 12.5 Å². The van der Waals surface area contributed by atoms with Gasteiger partial charge in [0.1, 0.15) is 12.2 Å². The molecular weight excluding hydrogens is 258 g/mol. The van der Waals surface area contributed by atoms with Crippen molar-refractivity contribution in [3.63, 3.8) is 0 Å². The van der Waals surface area contributed by atoms with Crippen molar-refractivity contribution in [2.24, 2.45) is 5.73 Å². The maximum absolute atomic E-state index is 12.2. The normalized spacial score (nSPS) is 12.3. The van der Waals surface area contributed by atoms with E-state index in [1.165, 1.54) is 6.33 Å². The second kappa shape index (κ2) is 6.29. The molecule has 2 aromatic rings. The summed E-state index contributed by atoms with van der Waals surface area (Å²) in [6.45, 7) is 5.03. The van der Waals surface area contributed by atoms with Crippen molar-refractivity contribution >= 4 is 5.91 Å². The van der Waals surface area contributed by atoms with Crippen LogP contribution in [0.4, 0.5) is 0 Å². The van der Waals surface area contributed by atoms with Crippen molar-refractivity contribution < 1.29 is 4.79 Å². The number of carbonyl (C=O) groups is 1. The maximum Gasteiger partial charge on any atom is 0.255 e. The van der Waals surface area contributed by atoms with Gasteiger partial charge in [0.25, 0.3) is 5.91 Å². The third-order valence-electron chi connectivity index (χ3n) is 3.11. The molecule has 0 bridgehead atoms. The highest BCUT2D eigenvalue weighted by Crippen LogP contribution is 2.11. The zero-order chi connectivity index (χ0) is 14.5. The Morgan fingerprint density at radius 1 is 1.60 bits per heavy atom. The van der Waals surface area contributed by atoms with Gasteiger partial charge >= 0.3 is 0 Å². The molecule has 2 aromatic heterocycles. The molecule has 1 amide bonds. The Balaban J connectivity index is 2.04. The quantitative estimate of drug-likeness (QED) is 0.695. The molecule has 8 heteroatoms. The average molecular weight is 277 g/mol. The number of amides is 1. The molecule has 8 nitrogen and oxygen atoms in total. The molecule has 0 aromatic carbocycles. The molecule has 20 heavy (non-hydrogen) atoms. The lowest BCUT2D eigenvalue weighted by molar-refractivity contribution is 0.0937. The summed E-state index contributed by atoms with van der Waals surface area (Å²) in [5, 5.41) is 13.6. The van der Waals surface area contributed by atoms with Crippen molar-refractivity contribution in [1.82, 2.24) is 30.3 Å². The summed E-state index contributed by atoms with van der Waals surface area (Å²) in [6, 6.07) is -0.239. The Kier molecular flexibility index (Phi) is 4.46. The van der Waals surface area contributed by atoms with E-state index in [1.54, 1.807) is 10.9 Å². The topological polar surface area (TPSA) is 115 Å². The van der Waals surface area contributed by atoms with Crippen molar-refractivity contribution in [3.05, 3.63) is 29.6 Å². The lowest BCUT2D eigenvalue weighted by Gasteiger charge is -2.11. The number of aromatic amines is 1. The van der Waals surface area contributed by atoms with Gasteiger partial charge in [-0.1, -0.05) is 0 Å². The van der Waals surface area contributed by atoms with Gasteiger partial charge in [-0.3, -0.25) is 14.6 Å². The largest absolute Gasteiger partial charge is 0.342 e. The molecule has 0 aliphatic heterocycles. The van der Waals surface area contributed by atoms with Crippen molar-refractivity contribution in [2.75, 3.05) is 6.54 Å². The van der Waals surface area contributed by atoms with E-state index in [0.29, 0.717) is 24.5 Å². The van der Waals surface area contributed by atoms with Crippen LogP contribution in [0.3, 0.4) is 0 Å². The molecule has 4 N–H and O–H groups in total. The highest BCUT2D eigenvalue weighted by molar-refractivity contribution is 5.95. The number of hydrogen-bond donors (Lipinski definition) is 3. The summed E-state index contributed by atoms with van der Waals surface area (Å²) in [5.74, 6) is 0.442. The summed E-state index contributed by atoms with van der Waals surface area (Å²) < 4.78 is 1.79. The van der Waals surface area contributed by atoms with E-state index in [9.17, 15) is 4.79 Å². The number of nitrogens with two attached hydrogens (primary N) is 1. The fraction of sp³-hybridized carbons (Fsp3) is 0.500. The van der Waals surface area contributed by atoms with Crippen molar-refractivity contribution in [3.8, 4) is 0 Å². The van der Waals surface area contributed by atoms with Crippen LogP contribution < -0.4 is 11.1 Å². The molecule has 0 saturated heterocycles. The van der Waals surface area contributed by atoms with E-state index in [0.717, 1.165) is 12.1 Å². The monoisotopic (exact) mass is 277 g/mol. The Morgan fingerprint density at radius 2 is 2.40 bits per heavy atom. The SMILES string of the molecule is Cc1c(C(=O)NC(C)c2ncn[nH]2)cnn1CCCN. The number of aromatic nitrogens is 5. The standard InChI is InChI=1S/C12H19N7O/c1-8(11-14-7-15-18-11)17-12(20)10-6-16-19(9(10)2)5-3-4-13/h6-8H,3-5,13H2,1-2H3,(H,17,20)(H,14,15,18). The zero-order valence-electron chi connectivity index (χ0n) is 11.6. The maximum atomic E-state index is 12.2. The van der Waals surface area contributed by atoms with E-state index in [4.69, 9.17) is 5.73 Å². The minimum absolute atomic E-state index is 0.176. The van der Waals surface area contributed by atoms with E-state index in [-0.39, 0.29) is 11.9 Å². The zero-order valence-corrected chi connectivity index (χ0v) is 11.6. The third-order valence-corrected chi connectivity index (χ3v) is 3.11. The van der Waals surface area contributed by atoms with Gasteiger partial charge in [-0.25, -0.2) is 4.98 Å². The van der Waals surface area contributed by atoms with Gasteiger partial charge in [0.2, 0.25) is 0 Å². The molecule has 1 atom stereocenters. The Hall–Kier alpha value is -2.22. The number of nitrogens with zero attached hydrogens (tertiary/aromatic N) is 4. The minimum atomic E-state index is -0.239. The van der Waals surface area contributed by atoms with Crippen LogP contribution in [0.2, 0.25) is 0 Å². The van der Waals surface area contributed by atoms with E-state index in [1.807, 2.05) is 13.8 Å². The van der Waals surface area contributed by atoms with E-state index < -0.39 is 0 Å². The Morgan fingerprint density at radius 3 is 3.05 bits per heavy atom. The van der Waals surface area contributed by atoms with Crippen LogP contribution in [0.25, 0.3) is 0 Å². The molecule has 2 heterocycles. The first-order chi connectivity index (χ1) is 9.63. The summed E-state index contributed by atoms with van der Waals surface area (Å²) >= 11 is 0. The lowest BCUT2D eigenvalue weighted by Crippen LogP contribution is -2.27. The van der Waals surface area contributed by atoms with Crippen LogP contribution in [0, 0.1) is 6.92 Å². The van der Waals surface area contributed by atoms with Gasteiger partial charge in [-0.2, -0.15) is 10.2 Å². The van der Waals surface area contributed by atoms with Crippen LogP contribution in [0.1, 0.15) is 41.3 Å². The van der Waals surface area contributed by atoms with Gasteiger partial charge in [0, 0.05) is 12.2 Å². The highest BCUT2D eigenvalue weighted by atomic mass is 16.1. The average Bonchev–Trinajstić information content (AvgIpc) is 3.06. The molecule has 0 radical (unpaired) electrons. The van der Waals surface area contributed by atoms with Gasteiger partial charge in [-0.05, 0) is 26.8 Å². The predicted molar refractivity (Wildman–Crippen MR) is 72.9 cm³/mol. The number of aryl methyl sites for hydroxylation is 1. The third kappa shape index (κ3) is 3.02. The van der Waals surface area contributed by atoms with Crippen LogP contribution >= 0.6 is 0 Å². The van der Waals surface area contributed by atoms with Gasteiger partial charge < -0.3 is 11.1 Å². The summed E-state index contributed by atoms with van der Waals surface area (Å²) in [5.41, 5.74) is 6.87. The van der Waals surface area contributed by atoms with Crippen LogP contribution in [0.5, 0.6) is 0 Å². The Bertz CT molecular complexity index is 560.